The summed E-state index contributed by atoms with van der Waals surface area (Å²) in [5, 5.41) is 8.13. The zero-order valence-electron chi connectivity index (χ0n) is 9.89. The Bertz CT molecular complexity index is 623. The van der Waals surface area contributed by atoms with Crippen LogP contribution >= 0.6 is 0 Å². The van der Waals surface area contributed by atoms with Crippen LogP contribution < -0.4 is 5.73 Å². The van der Waals surface area contributed by atoms with E-state index >= 15 is 0 Å². The second kappa shape index (κ2) is 4.62. The molecule has 3 rings (SSSR count). The summed E-state index contributed by atoms with van der Waals surface area (Å²) in [6.45, 7) is 0.653. The van der Waals surface area contributed by atoms with Gasteiger partial charge in [-0.25, -0.2) is 4.98 Å². The first-order valence-electron chi connectivity index (χ1n) is 5.97. The number of aromatic nitrogens is 3. The summed E-state index contributed by atoms with van der Waals surface area (Å²) in [5.74, 6) is 2.13. The molecule has 0 saturated heterocycles. The van der Waals surface area contributed by atoms with Crippen LogP contribution in [0.2, 0.25) is 0 Å². The Kier molecular flexibility index (Phi) is 2.82. The van der Waals surface area contributed by atoms with Crippen molar-refractivity contribution in [1.29, 1.82) is 0 Å². The number of hydrogen-bond acceptors (Lipinski definition) is 4. The van der Waals surface area contributed by atoms with Gasteiger partial charge in [-0.05, 0) is 25.1 Å². The summed E-state index contributed by atoms with van der Waals surface area (Å²) in [6.07, 6.45) is 1.71. The molecule has 0 atom stereocenters. The molecule has 0 bridgehead atoms. The fourth-order valence-corrected chi connectivity index (χ4v) is 1.88. The number of aromatic amines is 1. The number of hydrogen-bond donors (Lipinski definition) is 2. The van der Waals surface area contributed by atoms with Crippen molar-refractivity contribution in [2.75, 3.05) is 6.54 Å². The van der Waals surface area contributed by atoms with Gasteiger partial charge in [0.25, 0.3) is 0 Å². The monoisotopic (exact) mass is 242 g/mol. The molecule has 0 radical (unpaired) electrons. The molecule has 1 aromatic carbocycles. The number of furan rings is 1. The highest BCUT2D eigenvalue weighted by atomic mass is 16.3. The average Bonchev–Trinajstić information content (AvgIpc) is 3.02. The zero-order chi connectivity index (χ0) is 12.4. The molecule has 0 aliphatic heterocycles. The number of nitrogens with one attached hydrogen (secondary N) is 1. The van der Waals surface area contributed by atoms with Gasteiger partial charge in [-0.1, -0.05) is 18.2 Å². The molecule has 0 unspecified atom stereocenters. The molecule has 0 saturated carbocycles. The quantitative estimate of drug-likeness (QED) is 0.734. The minimum absolute atomic E-state index is 0.596. The largest absolute Gasteiger partial charge is 0.453 e. The van der Waals surface area contributed by atoms with Crippen molar-refractivity contribution < 1.29 is 4.42 Å². The molecular formula is C13H14N4O. The molecule has 2 heterocycles. The minimum Gasteiger partial charge on any atom is -0.453 e. The van der Waals surface area contributed by atoms with E-state index in [1.807, 2.05) is 30.3 Å². The molecule has 0 amide bonds. The van der Waals surface area contributed by atoms with Crippen LogP contribution in [0.1, 0.15) is 12.2 Å². The lowest BCUT2D eigenvalue weighted by Crippen LogP contribution is -2.01. The molecule has 0 aliphatic carbocycles. The lowest BCUT2D eigenvalue weighted by Gasteiger charge is -1.90. The fraction of sp³-hybridized carbons (Fsp3) is 0.231. The highest BCUT2D eigenvalue weighted by Gasteiger charge is 2.10. The van der Waals surface area contributed by atoms with Gasteiger partial charge in [0.15, 0.2) is 5.76 Å². The molecule has 5 heteroatoms. The van der Waals surface area contributed by atoms with Gasteiger partial charge >= 0.3 is 0 Å². The smallest absolute Gasteiger partial charge is 0.216 e. The van der Waals surface area contributed by atoms with Crippen molar-refractivity contribution >= 4 is 11.0 Å². The number of fused-ring (bicyclic) bond motifs is 1. The normalized spacial score (nSPS) is 11.2. The van der Waals surface area contributed by atoms with Gasteiger partial charge in [0.05, 0.1) is 0 Å². The molecule has 0 spiro atoms. The average molecular weight is 242 g/mol. The first-order valence-corrected chi connectivity index (χ1v) is 5.97. The van der Waals surface area contributed by atoms with Crippen molar-refractivity contribution in [3.63, 3.8) is 0 Å². The molecule has 92 valence electrons. The Morgan fingerprint density at radius 2 is 2.17 bits per heavy atom. The van der Waals surface area contributed by atoms with E-state index in [1.54, 1.807) is 0 Å². The van der Waals surface area contributed by atoms with Crippen molar-refractivity contribution in [3.8, 4) is 11.6 Å². The van der Waals surface area contributed by atoms with E-state index in [0.29, 0.717) is 18.1 Å². The Morgan fingerprint density at radius 3 is 3.00 bits per heavy atom. The highest BCUT2D eigenvalue weighted by molar-refractivity contribution is 5.81. The predicted molar refractivity (Wildman–Crippen MR) is 69.0 cm³/mol. The number of nitrogens with zero attached hydrogens (tertiary/aromatic N) is 2. The van der Waals surface area contributed by atoms with Gasteiger partial charge in [-0.15, -0.1) is 0 Å². The highest BCUT2D eigenvalue weighted by Crippen LogP contribution is 2.25. The molecule has 5 nitrogen and oxygen atoms in total. The first-order chi connectivity index (χ1) is 8.86. The molecular weight excluding hydrogens is 228 g/mol. The van der Waals surface area contributed by atoms with Gasteiger partial charge in [0.1, 0.15) is 11.4 Å². The predicted octanol–water partition coefficient (Wildman–Crippen LogP) is 2.11. The van der Waals surface area contributed by atoms with E-state index in [1.165, 1.54) is 0 Å². The third-order valence-electron chi connectivity index (χ3n) is 2.80. The van der Waals surface area contributed by atoms with Crippen molar-refractivity contribution in [2.45, 2.75) is 12.8 Å². The van der Waals surface area contributed by atoms with Crippen molar-refractivity contribution in [2.24, 2.45) is 5.73 Å². The minimum atomic E-state index is 0.596. The summed E-state index contributed by atoms with van der Waals surface area (Å²) in [7, 11) is 0. The van der Waals surface area contributed by atoms with Crippen LogP contribution in [-0.4, -0.2) is 21.7 Å². The maximum absolute atomic E-state index is 5.70. The van der Waals surface area contributed by atoms with E-state index in [4.69, 9.17) is 10.2 Å². The van der Waals surface area contributed by atoms with Crippen LogP contribution in [0.15, 0.2) is 34.7 Å². The molecule has 0 fully saturated rings. The maximum atomic E-state index is 5.70. The van der Waals surface area contributed by atoms with E-state index in [0.717, 1.165) is 29.6 Å². The first kappa shape index (κ1) is 11.0. The third-order valence-corrected chi connectivity index (χ3v) is 2.80. The zero-order valence-corrected chi connectivity index (χ0v) is 9.89. The molecule has 0 aliphatic rings. The van der Waals surface area contributed by atoms with E-state index < -0.39 is 0 Å². The lowest BCUT2D eigenvalue weighted by molar-refractivity contribution is 0.625. The van der Waals surface area contributed by atoms with Crippen LogP contribution in [0, 0.1) is 0 Å². The second-order valence-electron chi connectivity index (χ2n) is 4.15. The summed E-state index contributed by atoms with van der Waals surface area (Å²) < 4.78 is 5.70. The van der Waals surface area contributed by atoms with E-state index in [-0.39, 0.29) is 0 Å². The summed E-state index contributed by atoms with van der Waals surface area (Å²) >= 11 is 0. The number of nitrogens with two attached hydrogens (primary N) is 1. The van der Waals surface area contributed by atoms with Crippen LogP contribution in [0.5, 0.6) is 0 Å². The number of rotatable bonds is 4. The molecule has 18 heavy (non-hydrogen) atoms. The Labute approximate surface area is 104 Å². The van der Waals surface area contributed by atoms with Crippen molar-refractivity contribution in [3.05, 3.63) is 36.2 Å². The Morgan fingerprint density at radius 1 is 1.28 bits per heavy atom. The maximum Gasteiger partial charge on any atom is 0.216 e. The van der Waals surface area contributed by atoms with Crippen LogP contribution in [-0.2, 0) is 6.42 Å². The number of benzene rings is 1. The summed E-state index contributed by atoms with van der Waals surface area (Å²) in [6, 6.07) is 9.81. The number of H-pyrrole nitrogens is 1. The topological polar surface area (TPSA) is 80.7 Å². The van der Waals surface area contributed by atoms with Gasteiger partial charge in [-0.3, -0.25) is 5.10 Å². The van der Waals surface area contributed by atoms with Crippen LogP contribution in [0.25, 0.3) is 22.6 Å². The fourth-order valence-electron chi connectivity index (χ4n) is 1.88. The van der Waals surface area contributed by atoms with Gasteiger partial charge in [0.2, 0.25) is 5.82 Å². The van der Waals surface area contributed by atoms with Crippen LogP contribution in [0.4, 0.5) is 0 Å². The second-order valence-corrected chi connectivity index (χ2v) is 4.15. The molecule has 2 aromatic heterocycles. The Balaban J connectivity index is 1.91. The number of para-hydroxylation sites is 1. The summed E-state index contributed by atoms with van der Waals surface area (Å²) in [5.41, 5.74) is 6.31. The third kappa shape index (κ3) is 2.00. The Hall–Kier alpha value is -2.14. The molecule has 3 N–H and O–H groups in total. The van der Waals surface area contributed by atoms with E-state index in [9.17, 15) is 0 Å². The molecule has 3 aromatic rings. The summed E-state index contributed by atoms with van der Waals surface area (Å²) in [4.78, 5) is 4.40. The SMILES string of the molecule is NCCCc1nc(-c2cc3ccccc3o2)n[nH]1. The number of aryl methyl sites for hydroxylation is 1. The van der Waals surface area contributed by atoms with Gasteiger partial charge in [-0.2, -0.15) is 5.10 Å². The standard InChI is InChI=1S/C13H14N4O/c14-7-3-6-12-15-13(17-16-12)11-8-9-4-1-2-5-10(9)18-11/h1-2,4-5,8H,3,6-7,14H2,(H,15,16,17). The van der Waals surface area contributed by atoms with Gasteiger partial charge < -0.3 is 10.2 Å². The lowest BCUT2D eigenvalue weighted by atomic mass is 10.2. The van der Waals surface area contributed by atoms with Crippen LogP contribution in [0.3, 0.4) is 0 Å². The van der Waals surface area contributed by atoms with E-state index in [2.05, 4.69) is 15.2 Å². The van der Waals surface area contributed by atoms with Gasteiger partial charge in [0, 0.05) is 11.8 Å². The van der Waals surface area contributed by atoms with Crippen molar-refractivity contribution in [1.82, 2.24) is 15.2 Å².